The molecular weight excluding hydrogens is 450 g/mol. The third kappa shape index (κ3) is 4.53. The molecule has 7 heteroatoms. The van der Waals surface area contributed by atoms with Gasteiger partial charge in [-0.25, -0.2) is 0 Å². The average Bonchev–Trinajstić information content (AvgIpc) is 3.39. The Balaban J connectivity index is 1.29. The second-order valence-corrected chi connectivity index (χ2v) is 9.34. The van der Waals surface area contributed by atoms with Crippen molar-refractivity contribution in [2.75, 3.05) is 44.3 Å². The van der Waals surface area contributed by atoms with E-state index in [2.05, 4.69) is 56.6 Å². The normalized spacial score (nSPS) is 16.7. The number of piperidine rings is 1. The van der Waals surface area contributed by atoms with Gasteiger partial charge >= 0.3 is 0 Å². The molecule has 7 nitrogen and oxygen atoms in total. The number of benzene rings is 2. The van der Waals surface area contributed by atoms with Crippen LogP contribution in [0.3, 0.4) is 0 Å². The highest BCUT2D eigenvalue weighted by molar-refractivity contribution is 5.96. The van der Waals surface area contributed by atoms with E-state index in [9.17, 15) is 5.26 Å². The van der Waals surface area contributed by atoms with Crippen molar-refractivity contribution in [1.29, 1.82) is 5.26 Å². The fraction of sp³-hybridized carbons (Fsp3) is 0.310. The topological polar surface area (TPSA) is 86.2 Å². The highest BCUT2D eigenvalue weighted by Crippen LogP contribution is 2.34. The van der Waals surface area contributed by atoms with Gasteiger partial charge < -0.3 is 24.7 Å². The van der Waals surface area contributed by atoms with Crippen LogP contribution in [0.15, 0.2) is 60.8 Å². The molecule has 6 rings (SSSR count). The van der Waals surface area contributed by atoms with Crippen molar-refractivity contribution in [3.05, 3.63) is 66.4 Å². The number of aromatic nitrogens is 2. The van der Waals surface area contributed by atoms with Gasteiger partial charge in [0.2, 0.25) is 0 Å². The predicted molar refractivity (Wildman–Crippen MR) is 141 cm³/mol. The number of ether oxygens (including phenoxy) is 2. The van der Waals surface area contributed by atoms with E-state index in [0.717, 1.165) is 85.7 Å². The molecule has 2 aliphatic heterocycles. The van der Waals surface area contributed by atoms with E-state index < -0.39 is 0 Å². The molecule has 0 amide bonds. The summed E-state index contributed by atoms with van der Waals surface area (Å²) in [6.45, 7) is 5.29. The summed E-state index contributed by atoms with van der Waals surface area (Å²) in [5.74, 6) is 0.649. The Labute approximate surface area is 210 Å². The van der Waals surface area contributed by atoms with Crippen LogP contribution < -0.4 is 15.0 Å². The zero-order valence-electron chi connectivity index (χ0n) is 20.2. The Morgan fingerprint density at radius 1 is 0.972 bits per heavy atom. The van der Waals surface area contributed by atoms with Crippen LogP contribution in [0.4, 0.5) is 5.69 Å². The fourth-order valence-corrected chi connectivity index (χ4v) is 5.07. The quantitative estimate of drug-likeness (QED) is 0.430. The SMILES string of the molecule is N#Cc1cc(-c2nccc3[nH]c(-c4ccc(N5CCOCC5)cc4)cc23)ccc1OC1CCNCC1. The first kappa shape index (κ1) is 22.6. The summed E-state index contributed by atoms with van der Waals surface area (Å²) in [4.78, 5) is 10.6. The van der Waals surface area contributed by atoms with Gasteiger partial charge in [-0.05, 0) is 74.0 Å². The minimum Gasteiger partial charge on any atom is -0.489 e. The molecule has 2 saturated heterocycles. The molecule has 2 aromatic heterocycles. The molecular formula is C29H29N5O2. The van der Waals surface area contributed by atoms with Crippen LogP contribution in [0.1, 0.15) is 18.4 Å². The summed E-state index contributed by atoms with van der Waals surface area (Å²) >= 11 is 0. The molecule has 2 N–H and O–H groups in total. The van der Waals surface area contributed by atoms with E-state index >= 15 is 0 Å². The van der Waals surface area contributed by atoms with E-state index in [-0.39, 0.29) is 6.10 Å². The summed E-state index contributed by atoms with van der Waals surface area (Å²) in [7, 11) is 0. The van der Waals surface area contributed by atoms with E-state index in [4.69, 9.17) is 9.47 Å². The van der Waals surface area contributed by atoms with Crippen LogP contribution in [0.2, 0.25) is 0 Å². The summed E-state index contributed by atoms with van der Waals surface area (Å²) in [6.07, 6.45) is 3.86. The molecule has 0 radical (unpaired) electrons. The van der Waals surface area contributed by atoms with E-state index in [1.54, 1.807) is 0 Å². The van der Waals surface area contributed by atoms with Crippen LogP contribution in [0.5, 0.6) is 5.75 Å². The smallest absolute Gasteiger partial charge is 0.137 e. The maximum absolute atomic E-state index is 9.82. The molecule has 2 aliphatic rings. The minimum absolute atomic E-state index is 0.146. The van der Waals surface area contributed by atoms with Gasteiger partial charge in [0.05, 0.1) is 24.5 Å². The Hall–Kier alpha value is -3.86. The predicted octanol–water partition coefficient (Wildman–Crippen LogP) is 4.74. The number of hydrogen-bond acceptors (Lipinski definition) is 6. The molecule has 0 spiro atoms. The number of fused-ring (bicyclic) bond motifs is 1. The van der Waals surface area contributed by atoms with Crippen LogP contribution in [0, 0.1) is 11.3 Å². The first-order valence-corrected chi connectivity index (χ1v) is 12.6. The standard InChI is InChI=1S/C29H29N5O2/c30-19-22-17-21(3-6-28(22)36-24-7-10-31-11-8-24)29-25-18-27(33-26(25)9-12-32-29)20-1-4-23(5-2-20)34-13-15-35-16-14-34/h1-6,9,12,17-18,24,31,33H,7-8,10-11,13-16H2. The second-order valence-electron chi connectivity index (χ2n) is 9.34. The lowest BCUT2D eigenvalue weighted by Gasteiger charge is -2.28. The Morgan fingerprint density at radius 3 is 2.53 bits per heavy atom. The Bertz CT molecular complexity index is 1390. The minimum atomic E-state index is 0.146. The van der Waals surface area contributed by atoms with Gasteiger partial charge in [-0.2, -0.15) is 5.26 Å². The third-order valence-corrected chi connectivity index (χ3v) is 7.06. The molecule has 0 saturated carbocycles. The molecule has 4 aromatic rings. The number of nitrogens with one attached hydrogen (secondary N) is 2. The van der Waals surface area contributed by atoms with E-state index in [0.29, 0.717) is 11.3 Å². The van der Waals surface area contributed by atoms with Crippen molar-refractivity contribution < 1.29 is 9.47 Å². The Morgan fingerprint density at radius 2 is 1.75 bits per heavy atom. The summed E-state index contributed by atoms with van der Waals surface area (Å²) in [6, 6.07) is 20.9. The van der Waals surface area contributed by atoms with Crippen LogP contribution in [-0.2, 0) is 4.74 Å². The zero-order chi connectivity index (χ0) is 24.3. The molecule has 4 heterocycles. The number of rotatable bonds is 5. The van der Waals surface area contributed by atoms with Gasteiger partial charge in [0.15, 0.2) is 0 Å². The first-order chi connectivity index (χ1) is 17.8. The number of morpholine rings is 1. The Kier molecular flexibility index (Phi) is 6.29. The van der Waals surface area contributed by atoms with Crippen molar-refractivity contribution in [3.63, 3.8) is 0 Å². The highest BCUT2D eigenvalue weighted by Gasteiger charge is 2.18. The van der Waals surface area contributed by atoms with Gasteiger partial charge in [0.1, 0.15) is 17.9 Å². The maximum Gasteiger partial charge on any atom is 0.137 e. The van der Waals surface area contributed by atoms with E-state index in [1.165, 1.54) is 5.69 Å². The number of pyridine rings is 1. The molecule has 0 atom stereocenters. The molecule has 0 aliphatic carbocycles. The third-order valence-electron chi connectivity index (χ3n) is 7.06. The van der Waals surface area contributed by atoms with Crippen LogP contribution in [-0.4, -0.2) is 55.5 Å². The summed E-state index contributed by atoms with van der Waals surface area (Å²) in [5.41, 5.74) is 6.70. The number of hydrogen-bond donors (Lipinski definition) is 2. The molecule has 0 unspecified atom stereocenters. The lowest BCUT2D eigenvalue weighted by Crippen LogP contribution is -2.36. The summed E-state index contributed by atoms with van der Waals surface area (Å²) in [5, 5.41) is 14.2. The number of nitrogens with zero attached hydrogens (tertiary/aromatic N) is 3. The maximum atomic E-state index is 9.82. The fourth-order valence-electron chi connectivity index (χ4n) is 5.07. The monoisotopic (exact) mass is 479 g/mol. The number of aromatic amines is 1. The van der Waals surface area contributed by atoms with Crippen molar-refractivity contribution in [1.82, 2.24) is 15.3 Å². The van der Waals surface area contributed by atoms with Gasteiger partial charge in [0.25, 0.3) is 0 Å². The molecule has 36 heavy (non-hydrogen) atoms. The van der Waals surface area contributed by atoms with Gasteiger partial charge in [-0.15, -0.1) is 0 Å². The highest BCUT2D eigenvalue weighted by atomic mass is 16.5. The molecule has 2 aromatic carbocycles. The molecule has 2 fully saturated rings. The van der Waals surface area contributed by atoms with Crippen molar-refractivity contribution in [2.45, 2.75) is 18.9 Å². The number of nitriles is 1. The average molecular weight is 480 g/mol. The number of H-pyrrole nitrogens is 1. The number of anilines is 1. The van der Waals surface area contributed by atoms with E-state index in [1.807, 2.05) is 30.5 Å². The molecule has 0 bridgehead atoms. The van der Waals surface area contributed by atoms with Crippen molar-refractivity contribution in [2.24, 2.45) is 0 Å². The van der Waals surface area contributed by atoms with Gasteiger partial charge in [-0.3, -0.25) is 4.98 Å². The van der Waals surface area contributed by atoms with Crippen molar-refractivity contribution in [3.8, 4) is 34.3 Å². The lowest BCUT2D eigenvalue weighted by molar-refractivity contribution is 0.122. The largest absolute Gasteiger partial charge is 0.489 e. The zero-order valence-corrected chi connectivity index (χ0v) is 20.2. The lowest BCUT2D eigenvalue weighted by atomic mass is 10.0. The van der Waals surface area contributed by atoms with Crippen LogP contribution in [0.25, 0.3) is 33.4 Å². The second kappa shape index (κ2) is 10.0. The van der Waals surface area contributed by atoms with Gasteiger partial charge in [-0.1, -0.05) is 12.1 Å². The van der Waals surface area contributed by atoms with Crippen LogP contribution >= 0.6 is 0 Å². The van der Waals surface area contributed by atoms with Crippen molar-refractivity contribution >= 4 is 16.6 Å². The molecule has 182 valence electrons. The van der Waals surface area contributed by atoms with Gasteiger partial charge in [0, 0.05) is 47.1 Å². The summed E-state index contributed by atoms with van der Waals surface area (Å²) < 4.78 is 11.6. The first-order valence-electron chi connectivity index (χ1n) is 12.6.